The maximum atomic E-state index is 11.5. The highest BCUT2D eigenvalue weighted by Crippen LogP contribution is 2.09. The number of carbonyl (C=O) groups is 2. The minimum absolute atomic E-state index is 0.0893. The van der Waals surface area contributed by atoms with Crippen molar-refractivity contribution in [1.29, 1.82) is 0 Å². The predicted molar refractivity (Wildman–Crippen MR) is 53.7 cm³/mol. The van der Waals surface area contributed by atoms with E-state index in [2.05, 4.69) is 5.32 Å². The Morgan fingerprint density at radius 3 is 2.36 bits per heavy atom. The van der Waals surface area contributed by atoms with Gasteiger partial charge in [0.1, 0.15) is 6.04 Å². The fraction of sp³-hybridized carbons (Fsp3) is 0.800. The van der Waals surface area contributed by atoms with Crippen LogP contribution in [0.15, 0.2) is 0 Å². The number of amides is 1. The van der Waals surface area contributed by atoms with Gasteiger partial charge in [-0.05, 0) is 19.8 Å². The molecule has 0 saturated heterocycles. The van der Waals surface area contributed by atoms with E-state index in [9.17, 15) is 9.59 Å². The van der Waals surface area contributed by atoms with Gasteiger partial charge < -0.3 is 10.1 Å². The molecule has 0 bridgehead atoms. The largest absolute Gasteiger partial charge is 0.461 e. The Morgan fingerprint density at radius 1 is 1.43 bits per heavy atom. The van der Waals surface area contributed by atoms with Gasteiger partial charge in [0.2, 0.25) is 6.41 Å². The van der Waals surface area contributed by atoms with Gasteiger partial charge in [-0.3, -0.25) is 4.79 Å². The summed E-state index contributed by atoms with van der Waals surface area (Å²) >= 11 is 0. The fourth-order valence-electron chi connectivity index (χ4n) is 1.08. The number of ether oxygens (including phenoxy) is 1. The van der Waals surface area contributed by atoms with Crippen LogP contribution in [0.1, 0.15) is 34.1 Å². The summed E-state index contributed by atoms with van der Waals surface area (Å²) < 4.78 is 5.03. The minimum atomic E-state index is -0.528. The lowest BCUT2D eigenvalue weighted by Gasteiger charge is -2.21. The first-order chi connectivity index (χ1) is 6.52. The molecule has 4 heteroatoms. The predicted octanol–water partition coefficient (Wildman–Crippen LogP) is 1.10. The van der Waals surface area contributed by atoms with Gasteiger partial charge in [0.25, 0.3) is 0 Å². The lowest BCUT2D eigenvalue weighted by atomic mass is 9.99. The van der Waals surface area contributed by atoms with E-state index in [1.54, 1.807) is 13.8 Å². The molecule has 0 aromatic rings. The quantitative estimate of drug-likeness (QED) is 0.517. The van der Waals surface area contributed by atoms with Gasteiger partial charge in [-0.1, -0.05) is 20.3 Å². The van der Waals surface area contributed by atoms with Crippen molar-refractivity contribution < 1.29 is 14.3 Å². The van der Waals surface area contributed by atoms with Crippen LogP contribution in [0.4, 0.5) is 0 Å². The van der Waals surface area contributed by atoms with E-state index in [1.165, 1.54) is 0 Å². The Kier molecular flexibility index (Phi) is 5.92. The van der Waals surface area contributed by atoms with E-state index < -0.39 is 6.04 Å². The topological polar surface area (TPSA) is 55.4 Å². The van der Waals surface area contributed by atoms with Gasteiger partial charge in [0.05, 0.1) is 6.10 Å². The molecule has 0 rings (SSSR count). The highest BCUT2D eigenvalue weighted by molar-refractivity contribution is 5.78. The van der Waals surface area contributed by atoms with Crippen LogP contribution in [0.2, 0.25) is 0 Å². The van der Waals surface area contributed by atoms with E-state index in [0.717, 1.165) is 6.42 Å². The fourth-order valence-corrected chi connectivity index (χ4v) is 1.08. The molecule has 1 N–H and O–H groups in total. The third kappa shape index (κ3) is 4.25. The van der Waals surface area contributed by atoms with Gasteiger partial charge >= 0.3 is 5.97 Å². The molecule has 0 unspecified atom stereocenters. The molecule has 1 amide bonds. The summed E-state index contributed by atoms with van der Waals surface area (Å²) in [5.41, 5.74) is 0. The Labute approximate surface area is 85.0 Å². The lowest BCUT2D eigenvalue weighted by Crippen LogP contribution is -2.43. The molecule has 0 aliphatic rings. The second kappa shape index (κ2) is 6.40. The second-order valence-corrected chi connectivity index (χ2v) is 3.63. The number of esters is 1. The molecule has 2 atom stereocenters. The zero-order chi connectivity index (χ0) is 11.1. The van der Waals surface area contributed by atoms with Crippen LogP contribution in [0.3, 0.4) is 0 Å². The van der Waals surface area contributed by atoms with Crippen molar-refractivity contribution in [2.45, 2.75) is 46.3 Å². The third-order valence-corrected chi connectivity index (χ3v) is 2.07. The van der Waals surface area contributed by atoms with Crippen molar-refractivity contribution in [3.05, 3.63) is 0 Å². The summed E-state index contributed by atoms with van der Waals surface area (Å²) in [5, 5.41) is 2.48. The second-order valence-electron chi connectivity index (χ2n) is 3.63. The Morgan fingerprint density at radius 2 is 2.00 bits per heavy atom. The smallest absolute Gasteiger partial charge is 0.329 e. The van der Waals surface area contributed by atoms with E-state index in [0.29, 0.717) is 6.41 Å². The van der Waals surface area contributed by atoms with E-state index in [4.69, 9.17) is 4.74 Å². The molecule has 4 nitrogen and oxygen atoms in total. The molecule has 14 heavy (non-hydrogen) atoms. The van der Waals surface area contributed by atoms with Gasteiger partial charge in [0.15, 0.2) is 0 Å². The van der Waals surface area contributed by atoms with Crippen LogP contribution in [0.5, 0.6) is 0 Å². The molecule has 0 aliphatic heterocycles. The molecular formula is C10H19NO3. The number of rotatable bonds is 6. The molecular weight excluding hydrogens is 182 g/mol. The van der Waals surface area contributed by atoms with Crippen molar-refractivity contribution in [3.63, 3.8) is 0 Å². The normalized spacial score (nSPS) is 14.6. The zero-order valence-electron chi connectivity index (χ0n) is 9.24. The monoisotopic (exact) mass is 201 g/mol. The summed E-state index contributed by atoms with van der Waals surface area (Å²) in [7, 11) is 0. The van der Waals surface area contributed by atoms with Crippen LogP contribution in [0, 0.1) is 5.92 Å². The summed E-state index contributed by atoms with van der Waals surface area (Å²) in [5.74, 6) is -0.270. The SMILES string of the molecule is CC[C@H](C)[C@@H](NC=O)C(=O)OC(C)C. The van der Waals surface area contributed by atoms with Crippen LogP contribution in [-0.4, -0.2) is 24.5 Å². The van der Waals surface area contributed by atoms with Crippen molar-refractivity contribution >= 4 is 12.4 Å². The lowest BCUT2D eigenvalue weighted by molar-refractivity contribution is -0.152. The van der Waals surface area contributed by atoms with Crippen LogP contribution in [0.25, 0.3) is 0 Å². The molecule has 0 saturated carbocycles. The van der Waals surface area contributed by atoms with Crippen LogP contribution >= 0.6 is 0 Å². The first-order valence-corrected chi connectivity index (χ1v) is 4.93. The number of carbonyl (C=O) groups excluding carboxylic acids is 2. The Bertz CT molecular complexity index is 192. The molecule has 0 heterocycles. The molecule has 0 radical (unpaired) electrons. The average Bonchev–Trinajstić information content (AvgIpc) is 2.11. The van der Waals surface area contributed by atoms with Crippen molar-refractivity contribution in [3.8, 4) is 0 Å². The molecule has 0 aliphatic carbocycles. The van der Waals surface area contributed by atoms with Crippen molar-refractivity contribution in [1.82, 2.24) is 5.32 Å². The first-order valence-electron chi connectivity index (χ1n) is 4.93. The first kappa shape index (κ1) is 12.9. The maximum absolute atomic E-state index is 11.5. The Balaban J connectivity index is 4.32. The highest BCUT2D eigenvalue weighted by atomic mass is 16.5. The van der Waals surface area contributed by atoms with Crippen molar-refractivity contribution in [2.75, 3.05) is 0 Å². The molecule has 82 valence electrons. The zero-order valence-corrected chi connectivity index (χ0v) is 9.24. The number of nitrogens with one attached hydrogen (secondary N) is 1. The highest BCUT2D eigenvalue weighted by Gasteiger charge is 2.25. The van der Waals surface area contributed by atoms with E-state index in [1.807, 2.05) is 13.8 Å². The summed E-state index contributed by atoms with van der Waals surface area (Å²) in [4.78, 5) is 21.8. The molecule has 0 spiro atoms. The van der Waals surface area contributed by atoms with E-state index >= 15 is 0 Å². The third-order valence-electron chi connectivity index (χ3n) is 2.07. The van der Waals surface area contributed by atoms with Crippen molar-refractivity contribution in [2.24, 2.45) is 5.92 Å². The molecule has 0 fully saturated rings. The average molecular weight is 201 g/mol. The maximum Gasteiger partial charge on any atom is 0.329 e. The standard InChI is InChI=1S/C10H19NO3/c1-5-8(4)9(11-6-12)10(13)14-7(2)3/h6-9H,5H2,1-4H3,(H,11,12)/t8-,9+/m0/s1. The van der Waals surface area contributed by atoms with Gasteiger partial charge in [-0.25, -0.2) is 4.79 Å². The van der Waals surface area contributed by atoms with Crippen LogP contribution in [-0.2, 0) is 14.3 Å². The molecule has 0 aromatic heterocycles. The van der Waals surface area contributed by atoms with Crippen LogP contribution < -0.4 is 5.32 Å². The van der Waals surface area contributed by atoms with Gasteiger partial charge in [-0.2, -0.15) is 0 Å². The van der Waals surface area contributed by atoms with Gasteiger partial charge in [0, 0.05) is 0 Å². The number of hydrogen-bond donors (Lipinski definition) is 1. The summed E-state index contributed by atoms with van der Waals surface area (Å²) in [6.07, 6.45) is 1.21. The van der Waals surface area contributed by atoms with Gasteiger partial charge in [-0.15, -0.1) is 0 Å². The summed E-state index contributed by atoms with van der Waals surface area (Å²) in [6.45, 7) is 7.44. The number of hydrogen-bond acceptors (Lipinski definition) is 3. The van der Waals surface area contributed by atoms with E-state index in [-0.39, 0.29) is 18.0 Å². The Hall–Kier alpha value is -1.06. The minimum Gasteiger partial charge on any atom is -0.461 e. The summed E-state index contributed by atoms with van der Waals surface area (Å²) in [6, 6.07) is -0.528. The molecule has 0 aromatic carbocycles.